The molecule has 2 aromatic carbocycles. The highest BCUT2D eigenvalue weighted by Crippen LogP contribution is 2.31. The van der Waals surface area contributed by atoms with Crippen LogP contribution in [-0.4, -0.2) is 54.3 Å². The Kier molecular flexibility index (Phi) is 6.11. The lowest BCUT2D eigenvalue weighted by molar-refractivity contribution is -0.118. The Bertz CT molecular complexity index is 1000. The van der Waals surface area contributed by atoms with Crippen LogP contribution in [0, 0.1) is 0 Å². The van der Waals surface area contributed by atoms with Crippen LogP contribution in [0.15, 0.2) is 54.9 Å². The van der Waals surface area contributed by atoms with Crippen LogP contribution in [-0.2, 0) is 17.8 Å². The molecular weight excluding hydrogens is 378 g/mol. The zero-order chi connectivity index (χ0) is 20.9. The van der Waals surface area contributed by atoms with E-state index >= 15 is 0 Å². The smallest absolute Gasteiger partial charge is 0.241 e. The number of amides is 1. The number of aromatic amines is 1. The minimum atomic E-state index is -0.275. The summed E-state index contributed by atoms with van der Waals surface area (Å²) >= 11 is 0. The van der Waals surface area contributed by atoms with Gasteiger partial charge >= 0.3 is 0 Å². The number of fused-ring (bicyclic) bond motifs is 1. The zero-order valence-corrected chi connectivity index (χ0v) is 17.3. The van der Waals surface area contributed by atoms with E-state index in [9.17, 15) is 4.79 Å². The molecule has 0 saturated heterocycles. The summed E-state index contributed by atoms with van der Waals surface area (Å²) in [6, 6.07) is 13.8. The highest BCUT2D eigenvalue weighted by Gasteiger charge is 2.24. The van der Waals surface area contributed by atoms with Crippen molar-refractivity contribution in [1.29, 1.82) is 0 Å². The summed E-state index contributed by atoms with van der Waals surface area (Å²) < 4.78 is 6.02. The molecular formula is C23H27N5O2. The number of nitrogens with zero attached hydrogens (tertiary/aromatic N) is 2. The Morgan fingerprint density at radius 1 is 1.20 bits per heavy atom. The molecule has 1 aliphatic rings. The summed E-state index contributed by atoms with van der Waals surface area (Å²) in [6.45, 7) is 2.00. The average molecular weight is 406 g/mol. The molecule has 0 saturated carbocycles. The van der Waals surface area contributed by atoms with E-state index in [4.69, 9.17) is 4.74 Å². The maximum Gasteiger partial charge on any atom is 0.241 e. The first kappa shape index (κ1) is 20.1. The summed E-state index contributed by atoms with van der Waals surface area (Å²) in [5.74, 6) is 0.595. The quantitative estimate of drug-likeness (QED) is 0.563. The van der Waals surface area contributed by atoms with Crippen LogP contribution in [0.3, 0.4) is 0 Å². The molecule has 0 radical (unpaired) electrons. The van der Waals surface area contributed by atoms with Crippen molar-refractivity contribution in [2.75, 3.05) is 32.6 Å². The van der Waals surface area contributed by atoms with E-state index in [0.29, 0.717) is 31.0 Å². The van der Waals surface area contributed by atoms with E-state index in [1.165, 1.54) is 11.1 Å². The van der Waals surface area contributed by atoms with E-state index in [-0.39, 0.29) is 11.9 Å². The Morgan fingerprint density at radius 2 is 2.03 bits per heavy atom. The Balaban J connectivity index is 1.51. The molecule has 1 atom stereocenters. The maximum atomic E-state index is 13.0. The second kappa shape index (κ2) is 9.11. The third-order valence-electron chi connectivity index (χ3n) is 5.26. The SMILES string of the molecule is CN(C)CCOc1cc(-c2cn[nH]c2)ccc1NC(=O)[C@H]1Cc2ccccc2CN1. The van der Waals surface area contributed by atoms with Gasteiger partial charge < -0.3 is 20.3 Å². The molecule has 156 valence electrons. The van der Waals surface area contributed by atoms with Gasteiger partial charge in [0.25, 0.3) is 0 Å². The number of rotatable bonds is 7. The van der Waals surface area contributed by atoms with Crippen molar-refractivity contribution in [2.24, 2.45) is 0 Å². The summed E-state index contributed by atoms with van der Waals surface area (Å²) in [5.41, 5.74) is 5.08. The van der Waals surface area contributed by atoms with Crippen LogP contribution in [0.4, 0.5) is 5.69 Å². The average Bonchev–Trinajstić information content (AvgIpc) is 3.29. The molecule has 3 aromatic rings. The number of carbonyl (C=O) groups is 1. The molecule has 1 aromatic heterocycles. The second-order valence-corrected chi connectivity index (χ2v) is 7.75. The van der Waals surface area contributed by atoms with E-state index in [1.54, 1.807) is 6.20 Å². The van der Waals surface area contributed by atoms with Gasteiger partial charge in [-0.25, -0.2) is 0 Å². The van der Waals surface area contributed by atoms with E-state index in [1.807, 2.05) is 50.6 Å². The minimum absolute atomic E-state index is 0.0574. The first-order chi connectivity index (χ1) is 14.6. The number of carbonyl (C=O) groups excluding carboxylic acids is 1. The molecule has 2 heterocycles. The number of hydrogen-bond donors (Lipinski definition) is 3. The molecule has 0 aliphatic carbocycles. The van der Waals surface area contributed by atoms with Gasteiger partial charge in [0.2, 0.25) is 5.91 Å². The predicted octanol–water partition coefficient (Wildman–Crippen LogP) is 2.67. The summed E-state index contributed by atoms with van der Waals surface area (Å²) in [4.78, 5) is 15.0. The van der Waals surface area contributed by atoms with Crippen LogP contribution < -0.4 is 15.4 Å². The van der Waals surface area contributed by atoms with Gasteiger partial charge in [-0.1, -0.05) is 30.3 Å². The van der Waals surface area contributed by atoms with Gasteiger partial charge in [-0.2, -0.15) is 5.10 Å². The highest BCUT2D eigenvalue weighted by atomic mass is 16.5. The van der Waals surface area contributed by atoms with Gasteiger partial charge in [0.15, 0.2) is 0 Å². The summed E-state index contributed by atoms with van der Waals surface area (Å²) in [6.07, 6.45) is 4.27. The largest absolute Gasteiger partial charge is 0.490 e. The molecule has 30 heavy (non-hydrogen) atoms. The van der Waals surface area contributed by atoms with E-state index < -0.39 is 0 Å². The Hall–Kier alpha value is -3.16. The van der Waals surface area contributed by atoms with Crippen LogP contribution in [0.2, 0.25) is 0 Å². The highest BCUT2D eigenvalue weighted by molar-refractivity contribution is 5.96. The number of anilines is 1. The van der Waals surface area contributed by atoms with Gasteiger partial charge in [0.1, 0.15) is 12.4 Å². The van der Waals surface area contributed by atoms with Crippen molar-refractivity contribution in [3.8, 4) is 16.9 Å². The third kappa shape index (κ3) is 4.69. The van der Waals surface area contributed by atoms with Crippen molar-refractivity contribution in [2.45, 2.75) is 19.0 Å². The first-order valence-electron chi connectivity index (χ1n) is 10.1. The topological polar surface area (TPSA) is 82.3 Å². The molecule has 0 bridgehead atoms. The van der Waals surface area contributed by atoms with Gasteiger partial charge in [0.05, 0.1) is 17.9 Å². The van der Waals surface area contributed by atoms with Crippen molar-refractivity contribution < 1.29 is 9.53 Å². The number of ether oxygens (including phenoxy) is 1. The molecule has 1 aliphatic heterocycles. The van der Waals surface area contributed by atoms with Gasteiger partial charge in [-0.05, 0) is 49.3 Å². The Morgan fingerprint density at radius 3 is 2.80 bits per heavy atom. The van der Waals surface area contributed by atoms with E-state index in [0.717, 1.165) is 17.7 Å². The molecule has 4 rings (SSSR count). The molecule has 1 amide bonds. The minimum Gasteiger partial charge on any atom is -0.490 e. The van der Waals surface area contributed by atoms with Gasteiger partial charge in [-0.15, -0.1) is 0 Å². The monoisotopic (exact) mass is 405 g/mol. The van der Waals surface area contributed by atoms with Crippen LogP contribution in [0.5, 0.6) is 5.75 Å². The molecule has 0 unspecified atom stereocenters. The standard InChI is InChI=1S/C23H27N5O2/c1-28(2)9-10-30-22-12-17(19-14-25-26-15-19)7-8-20(22)27-23(29)21-11-16-5-3-4-6-18(16)13-24-21/h3-8,12,14-15,21,24H,9-11,13H2,1-2H3,(H,25,26)(H,27,29)/t21-/m1/s1. The summed E-state index contributed by atoms with van der Waals surface area (Å²) in [7, 11) is 4.00. The molecule has 7 nitrogen and oxygen atoms in total. The molecule has 7 heteroatoms. The lowest BCUT2D eigenvalue weighted by Gasteiger charge is -2.25. The van der Waals surface area contributed by atoms with Gasteiger partial charge in [-0.3, -0.25) is 9.89 Å². The van der Waals surface area contributed by atoms with Crippen molar-refractivity contribution in [3.05, 3.63) is 66.0 Å². The molecule has 0 fully saturated rings. The third-order valence-corrected chi connectivity index (χ3v) is 5.26. The fourth-order valence-electron chi connectivity index (χ4n) is 3.53. The zero-order valence-electron chi connectivity index (χ0n) is 17.3. The van der Waals surface area contributed by atoms with Crippen molar-refractivity contribution in [3.63, 3.8) is 0 Å². The lowest BCUT2D eigenvalue weighted by atomic mass is 9.95. The number of benzene rings is 2. The Labute approximate surface area is 176 Å². The number of aromatic nitrogens is 2. The van der Waals surface area contributed by atoms with Crippen LogP contribution >= 0.6 is 0 Å². The van der Waals surface area contributed by atoms with E-state index in [2.05, 4.69) is 37.9 Å². The normalized spacial score (nSPS) is 15.6. The number of nitrogens with one attached hydrogen (secondary N) is 3. The van der Waals surface area contributed by atoms with Crippen LogP contribution in [0.1, 0.15) is 11.1 Å². The van der Waals surface area contributed by atoms with Crippen molar-refractivity contribution >= 4 is 11.6 Å². The fourth-order valence-corrected chi connectivity index (χ4v) is 3.53. The van der Waals surface area contributed by atoms with Crippen LogP contribution in [0.25, 0.3) is 11.1 Å². The number of hydrogen-bond acceptors (Lipinski definition) is 5. The fraction of sp³-hybridized carbons (Fsp3) is 0.304. The number of likely N-dealkylation sites (N-methyl/N-ethyl adjacent to an activating group) is 1. The summed E-state index contributed by atoms with van der Waals surface area (Å²) in [5, 5.41) is 13.2. The van der Waals surface area contributed by atoms with Gasteiger partial charge in [0, 0.05) is 24.8 Å². The predicted molar refractivity (Wildman–Crippen MR) is 117 cm³/mol. The number of H-pyrrole nitrogens is 1. The van der Waals surface area contributed by atoms with Crippen molar-refractivity contribution in [1.82, 2.24) is 20.4 Å². The molecule has 3 N–H and O–H groups in total. The molecule has 0 spiro atoms. The maximum absolute atomic E-state index is 13.0. The lowest BCUT2D eigenvalue weighted by Crippen LogP contribution is -2.44. The first-order valence-corrected chi connectivity index (χ1v) is 10.1. The second-order valence-electron chi connectivity index (χ2n) is 7.75.